The molecule has 0 aromatic heterocycles. The third-order valence-corrected chi connectivity index (χ3v) is 4.98. The third kappa shape index (κ3) is 5.03. The summed E-state index contributed by atoms with van der Waals surface area (Å²) in [6, 6.07) is 14.2. The van der Waals surface area contributed by atoms with Crippen LogP contribution in [0.5, 0.6) is 0 Å². The number of aliphatic imine (C=N–C) groups is 4. The van der Waals surface area contributed by atoms with Gasteiger partial charge in [-0.15, -0.1) is 0 Å². The lowest BCUT2D eigenvalue weighted by atomic mass is 9.99. The first kappa shape index (κ1) is 22.7. The maximum absolute atomic E-state index is 12.1. The van der Waals surface area contributed by atoms with Crippen molar-refractivity contribution in [2.24, 2.45) is 25.9 Å². The normalized spacial score (nSPS) is 19.1. The number of ether oxygens (including phenoxy) is 1. The maximum atomic E-state index is 12.1. The Morgan fingerprint density at radius 2 is 1.09 bits per heavy atom. The zero-order valence-electron chi connectivity index (χ0n) is 18.3. The molecule has 0 saturated heterocycles. The van der Waals surface area contributed by atoms with Crippen molar-refractivity contribution in [2.75, 3.05) is 0 Å². The SMILES string of the molecule is CC1=Nc2ccccc2N=C(C)C(C(=O)O)C(C)=Nc2ccccc2N=C(C)C1OC=O. The summed E-state index contributed by atoms with van der Waals surface area (Å²) in [5.41, 5.74) is 3.79. The Morgan fingerprint density at radius 3 is 1.41 bits per heavy atom. The molecule has 164 valence electrons. The molecule has 3 rings (SSSR count). The fraction of sp³-hybridized carbons (Fsp3) is 0.250. The van der Waals surface area contributed by atoms with Gasteiger partial charge in [0.1, 0.15) is 5.92 Å². The summed E-state index contributed by atoms with van der Waals surface area (Å²) < 4.78 is 5.30. The van der Waals surface area contributed by atoms with Gasteiger partial charge in [-0.25, -0.2) is 0 Å². The fourth-order valence-electron chi connectivity index (χ4n) is 3.53. The Kier molecular flexibility index (Phi) is 7.04. The molecule has 32 heavy (non-hydrogen) atoms. The van der Waals surface area contributed by atoms with Crippen LogP contribution < -0.4 is 0 Å². The number of carboxylic acids is 1. The summed E-state index contributed by atoms with van der Waals surface area (Å²) in [4.78, 5) is 41.7. The number of aliphatic carboxylic acids is 1. The first-order valence-corrected chi connectivity index (χ1v) is 10.0. The van der Waals surface area contributed by atoms with Gasteiger partial charge in [0, 0.05) is 11.4 Å². The van der Waals surface area contributed by atoms with E-state index in [2.05, 4.69) is 20.0 Å². The zero-order valence-corrected chi connectivity index (χ0v) is 18.3. The Labute approximate surface area is 186 Å². The van der Waals surface area contributed by atoms with Gasteiger partial charge in [0.05, 0.1) is 34.2 Å². The third-order valence-electron chi connectivity index (χ3n) is 4.98. The highest BCUT2D eigenvalue weighted by Crippen LogP contribution is 2.32. The number of rotatable bonds is 3. The number of fused-ring (bicyclic) bond motifs is 2. The van der Waals surface area contributed by atoms with Gasteiger partial charge >= 0.3 is 5.97 Å². The number of hydrogen-bond acceptors (Lipinski definition) is 7. The van der Waals surface area contributed by atoms with Crippen LogP contribution in [-0.2, 0) is 14.3 Å². The van der Waals surface area contributed by atoms with Gasteiger partial charge in [0.25, 0.3) is 6.47 Å². The average molecular weight is 432 g/mol. The van der Waals surface area contributed by atoms with Crippen molar-refractivity contribution in [1.82, 2.24) is 0 Å². The first-order chi connectivity index (χ1) is 15.3. The number of carbonyl (C=O) groups is 2. The van der Waals surface area contributed by atoms with Crippen molar-refractivity contribution >= 4 is 58.0 Å². The van der Waals surface area contributed by atoms with Crippen molar-refractivity contribution in [3.63, 3.8) is 0 Å². The molecule has 0 bridgehead atoms. The molecule has 2 aromatic rings. The van der Waals surface area contributed by atoms with E-state index in [0.29, 0.717) is 52.1 Å². The lowest BCUT2D eigenvalue weighted by Gasteiger charge is -2.17. The number of hydrogen-bond donors (Lipinski definition) is 1. The standard InChI is InChI=1S/C24H24N4O4/c1-14-22(24(30)31)15(2)26-19-10-6-8-12-21(19)28-17(4)23(32-13-29)16(3)27-20-11-7-5-9-18(20)25-14/h5-13,22-23H,1-4H3,(H,30,31). The molecule has 1 aliphatic rings. The van der Waals surface area contributed by atoms with Crippen LogP contribution in [0.2, 0.25) is 0 Å². The number of carboxylic acid groups (broad SMARTS) is 1. The van der Waals surface area contributed by atoms with Crippen molar-refractivity contribution in [1.29, 1.82) is 0 Å². The first-order valence-electron chi connectivity index (χ1n) is 10.0. The van der Waals surface area contributed by atoms with Gasteiger partial charge in [0.15, 0.2) is 6.10 Å². The molecule has 0 atom stereocenters. The van der Waals surface area contributed by atoms with Crippen LogP contribution in [0.25, 0.3) is 0 Å². The highest BCUT2D eigenvalue weighted by molar-refractivity contribution is 6.20. The predicted octanol–water partition coefficient (Wildman–Crippen LogP) is 5.01. The monoisotopic (exact) mass is 432 g/mol. The average Bonchev–Trinajstić information content (AvgIpc) is 2.73. The molecule has 8 heteroatoms. The highest BCUT2D eigenvalue weighted by atomic mass is 16.5. The number of carbonyl (C=O) groups excluding carboxylic acids is 1. The van der Waals surface area contributed by atoms with Crippen LogP contribution in [0.1, 0.15) is 27.7 Å². The Morgan fingerprint density at radius 1 is 0.750 bits per heavy atom. The van der Waals surface area contributed by atoms with E-state index in [4.69, 9.17) is 4.74 Å². The molecule has 1 heterocycles. The van der Waals surface area contributed by atoms with Crippen molar-refractivity contribution < 1.29 is 19.4 Å². The molecule has 0 unspecified atom stereocenters. The summed E-state index contributed by atoms with van der Waals surface area (Å²) >= 11 is 0. The van der Waals surface area contributed by atoms with E-state index < -0.39 is 18.0 Å². The molecule has 8 nitrogen and oxygen atoms in total. The number of benzene rings is 2. The van der Waals surface area contributed by atoms with Crippen LogP contribution in [-0.4, -0.2) is 46.5 Å². The number of nitrogens with zero attached hydrogens (tertiary/aromatic N) is 4. The van der Waals surface area contributed by atoms with Crippen molar-refractivity contribution in [2.45, 2.75) is 33.8 Å². The predicted molar refractivity (Wildman–Crippen MR) is 126 cm³/mol. The topological polar surface area (TPSA) is 113 Å². The van der Waals surface area contributed by atoms with Gasteiger partial charge in [0.2, 0.25) is 0 Å². The van der Waals surface area contributed by atoms with E-state index in [9.17, 15) is 14.7 Å². The van der Waals surface area contributed by atoms with E-state index in [1.807, 2.05) is 0 Å². The van der Waals surface area contributed by atoms with Crippen molar-refractivity contribution in [3.05, 3.63) is 48.5 Å². The molecule has 0 saturated carbocycles. The van der Waals surface area contributed by atoms with Crippen LogP contribution in [0.3, 0.4) is 0 Å². The smallest absolute Gasteiger partial charge is 0.318 e. The van der Waals surface area contributed by atoms with Crippen LogP contribution in [0, 0.1) is 5.92 Å². The molecule has 0 spiro atoms. The summed E-state index contributed by atoms with van der Waals surface area (Å²) in [6.45, 7) is 7.15. The lowest BCUT2D eigenvalue weighted by Crippen LogP contribution is -2.29. The highest BCUT2D eigenvalue weighted by Gasteiger charge is 2.26. The largest absolute Gasteiger partial charge is 0.480 e. The Hall–Kier alpha value is -3.94. The summed E-state index contributed by atoms with van der Waals surface area (Å²) in [5, 5.41) is 9.89. The van der Waals surface area contributed by atoms with Gasteiger partial charge in [-0.05, 0) is 52.0 Å². The lowest BCUT2D eigenvalue weighted by molar-refractivity contribution is -0.137. The minimum absolute atomic E-state index is 0.367. The molecule has 2 aromatic carbocycles. The maximum Gasteiger partial charge on any atom is 0.318 e. The van der Waals surface area contributed by atoms with Crippen molar-refractivity contribution in [3.8, 4) is 0 Å². The summed E-state index contributed by atoms with van der Waals surface area (Å²) in [5.74, 6) is -2.06. The van der Waals surface area contributed by atoms with Gasteiger partial charge in [-0.1, -0.05) is 24.3 Å². The van der Waals surface area contributed by atoms with E-state index in [-0.39, 0.29) is 0 Å². The second-order valence-electron chi connectivity index (χ2n) is 7.37. The Balaban J connectivity index is 2.32. The molecule has 0 radical (unpaired) electrons. The van der Waals surface area contributed by atoms with E-state index in [0.717, 1.165) is 0 Å². The van der Waals surface area contributed by atoms with Gasteiger partial charge < -0.3 is 9.84 Å². The van der Waals surface area contributed by atoms with Crippen LogP contribution >= 0.6 is 0 Å². The summed E-state index contributed by atoms with van der Waals surface area (Å²) in [7, 11) is 0. The second-order valence-corrected chi connectivity index (χ2v) is 7.37. The van der Waals surface area contributed by atoms with Crippen LogP contribution in [0.15, 0.2) is 68.5 Å². The molecule has 0 amide bonds. The number of para-hydroxylation sites is 4. The second kappa shape index (κ2) is 9.91. The van der Waals surface area contributed by atoms with Gasteiger partial charge in [-0.2, -0.15) is 0 Å². The summed E-state index contributed by atoms with van der Waals surface area (Å²) in [6.07, 6.45) is -0.779. The minimum atomic E-state index is -1.05. The molecular weight excluding hydrogens is 408 g/mol. The zero-order chi connectivity index (χ0) is 23.3. The molecule has 1 N–H and O–H groups in total. The fourth-order valence-corrected chi connectivity index (χ4v) is 3.53. The van der Waals surface area contributed by atoms with Gasteiger partial charge in [-0.3, -0.25) is 29.6 Å². The molecule has 0 aliphatic carbocycles. The van der Waals surface area contributed by atoms with E-state index in [1.165, 1.54) is 0 Å². The van der Waals surface area contributed by atoms with E-state index in [1.54, 1.807) is 76.2 Å². The molecule has 1 aliphatic heterocycles. The van der Waals surface area contributed by atoms with E-state index >= 15 is 0 Å². The quantitative estimate of drug-likeness (QED) is 0.687. The van der Waals surface area contributed by atoms with Crippen LogP contribution in [0.4, 0.5) is 22.7 Å². The molecule has 0 fully saturated rings. The molecular formula is C24H24N4O4. The Bertz CT molecular complexity index is 1080. The minimum Gasteiger partial charge on any atom is -0.480 e.